The van der Waals surface area contributed by atoms with Gasteiger partial charge in [-0.15, -0.1) is 0 Å². The molecule has 3 heterocycles. The molecule has 1 fully saturated rings. The van der Waals surface area contributed by atoms with Gasteiger partial charge < -0.3 is 10.1 Å². The van der Waals surface area contributed by atoms with Gasteiger partial charge in [0, 0.05) is 50.4 Å². The van der Waals surface area contributed by atoms with Gasteiger partial charge >= 0.3 is 0 Å². The molecular weight excluding hydrogens is 497 g/mol. The third-order valence-corrected chi connectivity index (χ3v) is 8.20. The van der Waals surface area contributed by atoms with Crippen molar-refractivity contribution in [3.63, 3.8) is 0 Å². The lowest BCUT2D eigenvalue weighted by Gasteiger charge is -2.26. The zero-order valence-electron chi connectivity index (χ0n) is 20.6. The molecule has 37 heavy (non-hydrogen) atoms. The van der Waals surface area contributed by atoms with Gasteiger partial charge in [-0.3, -0.25) is 14.4 Å². The molecule has 0 aliphatic carbocycles. The highest BCUT2D eigenvalue weighted by atomic mass is 32.2. The summed E-state index contributed by atoms with van der Waals surface area (Å²) in [5.41, 5.74) is 2.40. The molecule has 4 aromatic rings. The van der Waals surface area contributed by atoms with Crippen LogP contribution in [0.4, 0.5) is 4.39 Å². The number of hydrogen-bond donors (Lipinski definition) is 1. The Morgan fingerprint density at radius 2 is 1.84 bits per heavy atom. The normalized spacial score (nSPS) is 14.8. The quantitative estimate of drug-likeness (QED) is 0.399. The van der Waals surface area contributed by atoms with E-state index in [0.717, 1.165) is 22.6 Å². The second-order valence-electron chi connectivity index (χ2n) is 9.07. The smallest absolute Gasteiger partial charge is 0.271 e. The second kappa shape index (κ2) is 10.1. The molecule has 0 atom stereocenters. The molecule has 2 aromatic carbocycles. The maximum Gasteiger partial charge on any atom is 0.271 e. The van der Waals surface area contributed by atoms with Crippen molar-refractivity contribution in [2.24, 2.45) is 7.05 Å². The van der Waals surface area contributed by atoms with Crippen LogP contribution >= 0.6 is 0 Å². The van der Waals surface area contributed by atoms with Gasteiger partial charge in [0.05, 0.1) is 29.3 Å². The van der Waals surface area contributed by atoms with Crippen molar-refractivity contribution in [3.05, 3.63) is 71.8 Å². The molecular formula is C26H28FN5O4S. The van der Waals surface area contributed by atoms with Gasteiger partial charge in [-0.1, -0.05) is 17.7 Å². The number of aryl methyl sites for hydroxylation is 2. The van der Waals surface area contributed by atoms with Gasteiger partial charge in [0.1, 0.15) is 5.82 Å². The molecule has 1 aliphatic rings. The average Bonchev–Trinajstić information content (AvgIpc) is 3.45. The Kier molecular flexibility index (Phi) is 6.84. The number of aromatic nitrogens is 3. The molecule has 11 heteroatoms. The fourth-order valence-electron chi connectivity index (χ4n) is 4.47. The minimum atomic E-state index is -3.96. The van der Waals surface area contributed by atoms with Gasteiger partial charge in [0.15, 0.2) is 5.69 Å². The standard InChI is InChI=1S/C26H28FN5O4S/c1-18-3-6-20(7-4-18)37(34,35)32-17-22(21-15-19(27)5-8-24(21)32)25-16-23(29-30(25)2)26(33)28-9-10-31-11-13-36-14-12-31/h3-8,15-17H,9-14H2,1-2H3,(H,28,33). The highest BCUT2D eigenvalue weighted by molar-refractivity contribution is 7.90. The molecule has 0 bridgehead atoms. The Morgan fingerprint density at radius 1 is 1.11 bits per heavy atom. The summed E-state index contributed by atoms with van der Waals surface area (Å²) in [4.78, 5) is 15.1. The van der Waals surface area contributed by atoms with Crippen molar-refractivity contribution < 1.29 is 22.3 Å². The number of halogens is 1. The van der Waals surface area contributed by atoms with Crippen molar-refractivity contribution in [2.45, 2.75) is 11.8 Å². The molecule has 1 amide bonds. The number of rotatable bonds is 7. The van der Waals surface area contributed by atoms with Crippen LogP contribution in [0.1, 0.15) is 16.1 Å². The number of benzene rings is 2. The fourth-order valence-corrected chi connectivity index (χ4v) is 5.84. The second-order valence-corrected chi connectivity index (χ2v) is 10.9. The van der Waals surface area contributed by atoms with Gasteiger partial charge in [0.2, 0.25) is 0 Å². The first kappa shape index (κ1) is 25.1. The molecule has 2 aromatic heterocycles. The van der Waals surface area contributed by atoms with Crippen LogP contribution in [0, 0.1) is 12.7 Å². The summed E-state index contributed by atoms with van der Waals surface area (Å²) >= 11 is 0. The van der Waals surface area contributed by atoms with Crippen LogP contribution < -0.4 is 5.32 Å². The first-order chi connectivity index (χ1) is 17.7. The highest BCUT2D eigenvalue weighted by Gasteiger charge is 2.24. The molecule has 0 unspecified atom stereocenters. The van der Waals surface area contributed by atoms with E-state index < -0.39 is 15.8 Å². The number of carbonyl (C=O) groups excluding carboxylic acids is 1. The Balaban J connectivity index is 1.47. The molecule has 1 aliphatic heterocycles. The van der Waals surface area contributed by atoms with Crippen molar-refractivity contribution in [1.82, 2.24) is 24.0 Å². The SMILES string of the molecule is Cc1ccc(S(=O)(=O)n2cc(-c3cc(C(=O)NCCN4CCOCC4)nn3C)c3cc(F)ccc32)cc1. The third-order valence-electron chi connectivity index (χ3n) is 6.52. The van der Waals surface area contributed by atoms with E-state index in [-0.39, 0.29) is 16.5 Å². The fraction of sp³-hybridized carbons (Fsp3) is 0.308. The number of ether oxygens (including phenoxy) is 1. The van der Waals surface area contributed by atoms with E-state index >= 15 is 0 Å². The van der Waals surface area contributed by atoms with Crippen LogP contribution in [0.15, 0.2) is 59.6 Å². The van der Waals surface area contributed by atoms with E-state index in [1.54, 1.807) is 37.4 Å². The van der Waals surface area contributed by atoms with E-state index in [4.69, 9.17) is 4.74 Å². The number of amides is 1. The zero-order valence-corrected chi connectivity index (χ0v) is 21.5. The van der Waals surface area contributed by atoms with Crippen LogP contribution in [-0.2, 0) is 21.8 Å². The Labute approximate surface area is 214 Å². The first-order valence-electron chi connectivity index (χ1n) is 12.0. The zero-order chi connectivity index (χ0) is 26.2. The summed E-state index contributed by atoms with van der Waals surface area (Å²) in [5, 5.41) is 7.62. The summed E-state index contributed by atoms with van der Waals surface area (Å²) in [6.07, 6.45) is 1.45. The number of fused-ring (bicyclic) bond motifs is 1. The van der Waals surface area contributed by atoms with E-state index in [1.165, 1.54) is 29.1 Å². The van der Waals surface area contributed by atoms with Crippen LogP contribution in [0.5, 0.6) is 0 Å². The maximum atomic E-state index is 14.3. The minimum absolute atomic E-state index is 0.121. The Morgan fingerprint density at radius 3 is 2.57 bits per heavy atom. The molecule has 0 radical (unpaired) electrons. The van der Waals surface area contributed by atoms with Gasteiger partial charge in [0.25, 0.3) is 15.9 Å². The third kappa shape index (κ3) is 5.02. The maximum absolute atomic E-state index is 14.3. The van der Waals surface area contributed by atoms with E-state index in [0.29, 0.717) is 48.5 Å². The van der Waals surface area contributed by atoms with Crippen LogP contribution in [0.25, 0.3) is 22.2 Å². The molecule has 194 valence electrons. The molecule has 1 N–H and O–H groups in total. The summed E-state index contributed by atoms with van der Waals surface area (Å²) in [5.74, 6) is -0.834. The topological polar surface area (TPSA) is 98.5 Å². The molecule has 0 spiro atoms. The van der Waals surface area contributed by atoms with Crippen molar-refractivity contribution in [2.75, 3.05) is 39.4 Å². The minimum Gasteiger partial charge on any atom is -0.379 e. The summed E-state index contributed by atoms with van der Waals surface area (Å²) in [7, 11) is -2.29. The average molecular weight is 526 g/mol. The number of carbonyl (C=O) groups is 1. The van der Waals surface area contributed by atoms with E-state index in [1.807, 2.05) is 6.92 Å². The lowest BCUT2D eigenvalue weighted by Crippen LogP contribution is -2.41. The lowest BCUT2D eigenvalue weighted by atomic mass is 10.1. The highest BCUT2D eigenvalue weighted by Crippen LogP contribution is 2.34. The number of hydrogen-bond acceptors (Lipinski definition) is 6. The van der Waals surface area contributed by atoms with Gasteiger partial charge in [-0.2, -0.15) is 5.10 Å². The molecule has 0 saturated carbocycles. The Hall–Kier alpha value is -3.54. The summed E-state index contributed by atoms with van der Waals surface area (Å²) in [6, 6.07) is 12.1. The summed E-state index contributed by atoms with van der Waals surface area (Å²) < 4.78 is 49.3. The first-order valence-corrected chi connectivity index (χ1v) is 13.4. The van der Waals surface area contributed by atoms with Crippen LogP contribution in [-0.4, -0.2) is 72.4 Å². The van der Waals surface area contributed by atoms with Crippen LogP contribution in [0.3, 0.4) is 0 Å². The monoisotopic (exact) mass is 525 g/mol. The number of morpholine rings is 1. The lowest BCUT2D eigenvalue weighted by molar-refractivity contribution is 0.0383. The van der Waals surface area contributed by atoms with E-state index in [9.17, 15) is 17.6 Å². The molecule has 1 saturated heterocycles. The Bertz CT molecular complexity index is 1550. The predicted molar refractivity (Wildman–Crippen MR) is 137 cm³/mol. The predicted octanol–water partition coefficient (Wildman–Crippen LogP) is 2.79. The van der Waals surface area contributed by atoms with Crippen molar-refractivity contribution in [1.29, 1.82) is 0 Å². The molecule has 9 nitrogen and oxygen atoms in total. The summed E-state index contributed by atoms with van der Waals surface area (Å²) in [6.45, 7) is 6.08. The van der Waals surface area contributed by atoms with Gasteiger partial charge in [-0.05, 0) is 43.3 Å². The molecule has 5 rings (SSSR count). The van der Waals surface area contributed by atoms with Crippen molar-refractivity contribution in [3.8, 4) is 11.3 Å². The van der Waals surface area contributed by atoms with E-state index in [2.05, 4.69) is 15.3 Å². The largest absolute Gasteiger partial charge is 0.379 e. The number of nitrogens with zero attached hydrogens (tertiary/aromatic N) is 4. The van der Waals surface area contributed by atoms with Gasteiger partial charge in [-0.25, -0.2) is 16.8 Å². The number of nitrogens with one attached hydrogen (secondary N) is 1. The van der Waals surface area contributed by atoms with Crippen molar-refractivity contribution >= 4 is 26.8 Å². The van der Waals surface area contributed by atoms with Crippen LogP contribution in [0.2, 0.25) is 0 Å².